The predicted octanol–water partition coefficient (Wildman–Crippen LogP) is 1.60. The molecular formula is C16H17N3O2. The van der Waals surface area contributed by atoms with E-state index in [9.17, 15) is 4.79 Å². The standard InChI is InChI=1S/C16H17N3O2/c20-16(18-11-13-5-3-4-8-17-13)12-19-9-10-21-15-7-2-1-6-14(15)19/h1-8H,9-12H2,(H,18,20). The Bertz CT molecular complexity index is 616. The molecule has 1 aliphatic heterocycles. The van der Waals surface area contributed by atoms with Crippen LogP contribution in [0, 0.1) is 0 Å². The Labute approximate surface area is 123 Å². The number of fused-ring (bicyclic) bond motifs is 1. The van der Waals surface area contributed by atoms with Crippen LogP contribution in [0.1, 0.15) is 5.69 Å². The first-order valence-electron chi connectivity index (χ1n) is 6.96. The maximum Gasteiger partial charge on any atom is 0.239 e. The lowest BCUT2D eigenvalue weighted by Crippen LogP contribution is -2.41. The van der Waals surface area contributed by atoms with Crippen LogP contribution < -0.4 is 15.0 Å². The SMILES string of the molecule is O=C(CN1CCOc2ccccc21)NCc1ccccn1. The molecule has 0 aliphatic carbocycles. The van der Waals surface area contributed by atoms with Gasteiger partial charge in [0, 0.05) is 6.20 Å². The Morgan fingerprint density at radius 2 is 2.10 bits per heavy atom. The van der Waals surface area contributed by atoms with E-state index >= 15 is 0 Å². The van der Waals surface area contributed by atoms with Crippen molar-refractivity contribution in [2.24, 2.45) is 0 Å². The molecule has 0 bridgehead atoms. The van der Waals surface area contributed by atoms with Gasteiger partial charge in [0.25, 0.3) is 0 Å². The number of carbonyl (C=O) groups excluding carboxylic acids is 1. The van der Waals surface area contributed by atoms with Crippen LogP contribution in [0.4, 0.5) is 5.69 Å². The minimum absolute atomic E-state index is 0.0163. The van der Waals surface area contributed by atoms with E-state index in [4.69, 9.17) is 4.74 Å². The predicted molar refractivity (Wildman–Crippen MR) is 80.2 cm³/mol. The summed E-state index contributed by atoms with van der Waals surface area (Å²) in [6.07, 6.45) is 1.72. The Hall–Kier alpha value is -2.56. The molecule has 1 amide bonds. The smallest absolute Gasteiger partial charge is 0.239 e. The Kier molecular flexibility index (Phi) is 4.00. The zero-order valence-corrected chi connectivity index (χ0v) is 11.7. The molecular weight excluding hydrogens is 266 g/mol. The number of pyridine rings is 1. The molecule has 1 N–H and O–H groups in total. The van der Waals surface area contributed by atoms with E-state index in [0.717, 1.165) is 17.1 Å². The van der Waals surface area contributed by atoms with Crippen molar-refractivity contribution in [3.05, 3.63) is 54.4 Å². The summed E-state index contributed by atoms with van der Waals surface area (Å²) in [6, 6.07) is 13.4. The molecule has 21 heavy (non-hydrogen) atoms. The second-order valence-electron chi connectivity index (χ2n) is 4.84. The molecule has 5 nitrogen and oxygen atoms in total. The zero-order valence-electron chi connectivity index (χ0n) is 11.7. The Morgan fingerprint density at radius 1 is 1.24 bits per heavy atom. The fraction of sp³-hybridized carbons (Fsp3) is 0.250. The number of rotatable bonds is 4. The number of amides is 1. The number of hydrogen-bond donors (Lipinski definition) is 1. The second kappa shape index (κ2) is 6.26. The highest BCUT2D eigenvalue weighted by atomic mass is 16.5. The fourth-order valence-corrected chi connectivity index (χ4v) is 2.31. The van der Waals surface area contributed by atoms with E-state index in [1.807, 2.05) is 47.4 Å². The van der Waals surface area contributed by atoms with Crippen molar-refractivity contribution in [1.82, 2.24) is 10.3 Å². The van der Waals surface area contributed by atoms with E-state index in [1.165, 1.54) is 0 Å². The number of nitrogens with one attached hydrogen (secondary N) is 1. The third-order valence-electron chi connectivity index (χ3n) is 3.35. The fourth-order valence-electron chi connectivity index (χ4n) is 2.31. The van der Waals surface area contributed by atoms with Crippen molar-refractivity contribution >= 4 is 11.6 Å². The van der Waals surface area contributed by atoms with Gasteiger partial charge in [-0.05, 0) is 24.3 Å². The van der Waals surface area contributed by atoms with Gasteiger partial charge in [-0.2, -0.15) is 0 Å². The summed E-state index contributed by atoms with van der Waals surface area (Å²) in [5, 5.41) is 2.89. The van der Waals surface area contributed by atoms with Gasteiger partial charge in [0.15, 0.2) is 0 Å². The van der Waals surface area contributed by atoms with Gasteiger partial charge in [-0.15, -0.1) is 0 Å². The Balaban J connectivity index is 1.58. The highest BCUT2D eigenvalue weighted by Gasteiger charge is 2.19. The molecule has 0 saturated heterocycles. The number of aromatic nitrogens is 1. The van der Waals surface area contributed by atoms with Crippen LogP contribution in [0.2, 0.25) is 0 Å². The summed E-state index contributed by atoms with van der Waals surface area (Å²) in [5.74, 6) is 0.818. The molecule has 0 spiro atoms. The highest BCUT2D eigenvalue weighted by Crippen LogP contribution is 2.30. The number of carbonyl (C=O) groups is 1. The molecule has 5 heteroatoms. The quantitative estimate of drug-likeness (QED) is 0.926. The third-order valence-corrected chi connectivity index (χ3v) is 3.35. The molecule has 1 aromatic heterocycles. The summed E-state index contributed by atoms with van der Waals surface area (Å²) in [4.78, 5) is 18.3. The molecule has 0 atom stereocenters. The van der Waals surface area contributed by atoms with E-state index in [2.05, 4.69) is 10.3 Å². The van der Waals surface area contributed by atoms with Crippen molar-refractivity contribution in [1.29, 1.82) is 0 Å². The zero-order chi connectivity index (χ0) is 14.5. The van der Waals surface area contributed by atoms with Crippen LogP contribution in [-0.2, 0) is 11.3 Å². The van der Waals surface area contributed by atoms with Crippen molar-refractivity contribution in [2.75, 3.05) is 24.6 Å². The molecule has 0 saturated carbocycles. The van der Waals surface area contributed by atoms with Crippen LogP contribution in [0.3, 0.4) is 0 Å². The summed E-state index contributed by atoms with van der Waals surface area (Å²) >= 11 is 0. The molecule has 108 valence electrons. The number of para-hydroxylation sites is 2. The van der Waals surface area contributed by atoms with E-state index in [0.29, 0.717) is 26.2 Å². The third kappa shape index (κ3) is 3.31. The first-order chi connectivity index (χ1) is 10.3. The van der Waals surface area contributed by atoms with Gasteiger partial charge in [0.2, 0.25) is 5.91 Å². The van der Waals surface area contributed by atoms with Gasteiger partial charge in [-0.25, -0.2) is 0 Å². The average molecular weight is 283 g/mol. The lowest BCUT2D eigenvalue weighted by Gasteiger charge is -2.30. The summed E-state index contributed by atoms with van der Waals surface area (Å²) in [7, 11) is 0. The summed E-state index contributed by atoms with van der Waals surface area (Å²) < 4.78 is 5.58. The van der Waals surface area contributed by atoms with Gasteiger partial charge in [0.1, 0.15) is 12.4 Å². The molecule has 0 radical (unpaired) electrons. The van der Waals surface area contributed by atoms with Crippen LogP contribution in [0.25, 0.3) is 0 Å². The number of nitrogens with zero attached hydrogens (tertiary/aromatic N) is 2. The van der Waals surface area contributed by atoms with E-state index in [1.54, 1.807) is 6.20 Å². The largest absolute Gasteiger partial charge is 0.490 e. The van der Waals surface area contributed by atoms with Crippen molar-refractivity contribution in [3.63, 3.8) is 0 Å². The number of benzene rings is 1. The monoisotopic (exact) mass is 283 g/mol. The lowest BCUT2D eigenvalue weighted by molar-refractivity contribution is -0.120. The minimum atomic E-state index is -0.0163. The van der Waals surface area contributed by atoms with Gasteiger partial charge in [0.05, 0.1) is 31.0 Å². The van der Waals surface area contributed by atoms with Crippen LogP contribution in [0.15, 0.2) is 48.7 Å². The van der Waals surface area contributed by atoms with E-state index in [-0.39, 0.29) is 5.91 Å². The molecule has 2 heterocycles. The Morgan fingerprint density at radius 3 is 2.95 bits per heavy atom. The molecule has 1 aliphatic rings. The van der Waals surface area contributed by atoms with Gasteiger partial charge in [-0.3, -0.25) is 9.78 Å². The highest BCUT2D eigenvalue weighted by molar-refractivity contribution is 5.82. The van der Waals surface area contributed by atoms with Gasteiger partial charge < -0.3 is 15.0 Å². The molecule has 0 fully saturated rings. The van der Waals surface area contributed by atoms with E-state index < -0.39 is 0 Å². The first-order valence-corrected chi connectivity index (χ1v) is 6.96. The normalized spacial score (nSPS) is 13.2. The number of anilines is 1. The van der Waals surface area contributed by atoms with Crippen LogP contribution >= 0.6 is 0 Å². The maximum atomic E-state index is 12.1. The van der Waals surface area contributed by atoms with Crippen molar-refractivity contribution < 1.29 is 9.53 Å². The molecule has 0 unspecified atom stereocenters. The second-order valence-corrected chi connectivity index (χ2v) is 4.84. The van der Waals surface area contributed by atoms with Crippen LogP contribution in [0.5, 0.6) is 5.75 Å². The summed E-state index contributed by atoms with van der Waals surface area (Å²) in [6.45, 7) is 2.09. The minimum Gasteiger partial charge on any atom is -0.490 e. The summed E-state index contributed by atoms with van der Waals surface area (Å²) in [5.41, 5.74) is 1.82. The van der Waals surface area contributed by atoms with Crippen molar-refractivity contribution in [2.45, 2.75) is 6.54 Å². The lowest BCUT2D eigenvalue weighted by atomic mass is 10.2. The number of hydrogen-bond acceptors (Lipinski definition) is 4. The average Bonchev–Trinajstić information content (AvgIpc) is 2.54. The first kappa shape index (κ1) is 13.4. The van der Waals surface area contributed by atoms with Crippen molar-refractivity contribution in [3.8, 4) is 5.75 Å². The van der Waals surface area contributed by atoms with Gasteiger partial charge >= 0.3 is 0 Å². The molecule has 2 aromatic rings. The number of ether oxygens (including phenoxy) is 1. The molecule has 3 rings (SSSR count). The molecule has 1 aromatic carbocycles. The maximum absolute atomic E-state index is 12.1. The van der Waals surface area contributed by atoms with Crippen LogP contribution in [-0.4, -0.2) is 30.6 Å². The topological polar surface area (TPSA) is 54.5 Å². The van der Waals surface area contributed by atoms with Gasteiger partial charge in [-0.1, -0.05) is 18.2 Å².